The lowest BCUT2D eigenvalue weighted by Crippen LogP contribution is -2.17. The molecule has 0 radical (unpaired) electrons. The molecule has 0 saturated heterocycles. The first-order valence-corrected chi connectivity index (χ1v) is 4.74. The highest BCUT2D eigenvalue weighted by Crippen LogP contribution is 2.16. The first kappa shape index (κ1) is 11.1. The van der Waals surface area contributed by atoms with Crippen LogP contribution in [0.5, 0.6) is 0 Å². The maximum atomic E-state index is 10.9. The minimum atomic E-state index is -0.954. The molecule has 1 unspecified atom stereocenters. The van der Waals surface area contributed by atoms with Crippen LogP contribution in [0.2, 0.25) is 0 Å². The van der Waals surface area contributed by atoms with Gasteiger partial charge in [-0.2, -0.15) is 0 Å². The standard InChI is InChI=1S/C12H13NO2/c1-3-9(4-2)13-11-8-6-5-7-10(11)12(14)15/h1,5-9,13H,4H2,2H3,(H,14,15). The van der Waals surface area contributed by atoms with Crippen molar-refractivity contribution in [1.82, 2.24) is 0 Å². The van der Waals surface area contributed by atoms with E-state index in [2.05, 4.69) is 11.2 Å². The summed E-state index contributed by atoms with van der Waals surface area (Å²) in [6.45, 7) is 1.95. The number of hydrogen-bond acceptors (Lipinski definition) is 2. The molecular weight excluding hydrogens is 190 g/mol. The number of benzene rings is 1. The maximum absolute atomic E-state index is 10.9. The number of carboxylic acids is 1. The van der Waals surface area contributed by atoms with Gasteiger partial charge in [0.2, 0.25) is 0 Å². The Labute approximate surface area is 89.1 Å². The summed E-state index contributed by atoms with van der Waals surface area (Å²) in [6, 6.07) is 6.59. The summed E-state index contributed by atoms with van der Waals surface area (Å²) in [6.07, 6.45) is 6.05. The summed E-state index contributed by atoms with van der Waals surface area (Å²) in [7, 11) is 0. The number of terminal acetylenes is 1. The SMILES string of the molecule is C#CC(CC)Nc1ccccc1C(=O)O. The lowest BCUT2D eigenvalue weighted by atomic mass is 10.1. The van der Waals surface area contributed by atoms with E-state index >= 15 is 0 Å². The predicted octanol–water partition coefficient (Wildman–Crippen LogP) is 2.21. The van der Waals surface area contributed by atoms with E-state index in [1.165, 1.54) is 0 Å². The molecule has 1 atom stereocenters. The third-order valence-corrected chi connectivity index (χ3v) is 2.10. The number of anilines is 1. The second-order valence-electron chi connectivity index (χ2n) is 3.12. The highest BCUT2D eigenvalue weighted by atomic mass is 16.4. The van der Waals surface area contributed by atoms with Crippen LogP contribution < -0.4 is 5.32 Å². The second-order valence-corrected chi connectivity index (χ2v) is 3.12. The van der Waals surface area contributed by atoms with E-state index in [9.17, 15) is 4.79 Å². The van der Waals surface area contributed by atoms with Crippen LogP contribution in [-0.4, -0.2) is 17.1 Å². The van der Waals surface area contributed by atoms with Crippen LogP contribution in [0, 0.1) is 12.3 Å². The smallest absolute Gasteiger partial charge is 0.337 e. The van der Waals surface area contributed by atoms with E-state index < -0.39 is 5.97 Å². The van der Waals surface area contributed by atoms with Gasteiger partial charge < -0.3 is 10.4 Å². The largest absolute Gasteiger partial charge is 0.478 e. The number of hydrogen-bond donors (Lipinski definition) is 2. The first-order valence-electron chi connectivity index (χ1n) is 4.74. The Morgan fingerprint density at radius 2 is 2.27 bits per heavy atom. The molecule has 2 N–H and O–H groups in total. The molecule has 0 heterocycles. The molecule has 0 aliphatic heterocycles. The van der Waals surface area contributed by atoms with Gasteiger partial charge in [0.1, 0.15) is 0 Å². The minimum absolute atomic E-state index is 0.134. The first-order chi connectivity index (χ1) is 7.19. The highest BCUT2D eigenvalue weighted by molar-refractivity contribution is 5.94. The van der Waals surface area contributed by atoms with E-state index in [0.29, 0.717) is 5.69 Å². The zero-order valence-electron chi connectivity index (χ0n) is 8.53. The fourth-order valence-electron chi connectivity index (χ4n) is 1.24. The van der Waals surface area contributed by atoms with E-state index in [1.54, 1.807) is 24.3 Å². The molecule has 0 saturated carbocycles. The van der Waals surface area contributed by atoms with Gasteiger partial charge in [-0.1, -0.05) is 25.0 Å². The summed E-state index contributed by atoms with van der Waals surface area (Å²) in [4.78, 5) is 10.9. The topological polar surface area (TPSA) is 49.3 Å². The van der Waals surface area contributed by atoms with Gasteiger partial charge in [0.05, 0.1) is 11.6 Å². The normalized spacial score (nSPS) is 11.5. The fraction of sp³-hybridized carbons (Fsp3) is 0.250. The van der Waals surface area contributed by atoms with Gasteiger partial charge in [-0.05, 0) is 18.6 Å². The summed E-state index contributed by atoms with van der Waals surface area (Å²) in [5.74, 6) is 1.61. The number of nitrogens with one attached hydrogen (secondary N) is 1. The number of para-hydroxylation sites is 1. The lowest BCUT2D eigenvalue weighted by Gasteiger charge is -2.13. The van der Waals surface area contributed by atoms with Gasteiger partial charge >= 0.3 is 5.97 Å². The fourth-order valence-corrected chi connectivity index (χ4v) is 1.24. The van der Waals surface area contributed by atoms with Crippen molar-refractivity contribution in [2.45, 2.75) is 19.4 Å². The molecule has 0 bridgehead atoms. The molecule has 1 rings (SSSR count). The van der Waals surface area contributed by atoms with Crippen LogP contribution in [0.1, 0.15) is 23.7 Å². The summed E-state index contributed by atoms with van der Waals surface area (Å²) in [5, 5.41) is 11.9. The van der Waals surface area contributed by atoms with Crippen molar-refractivity contribution in [2.24, 2.45) is 0 Å². The van der Waals surface area contributed by atoms with E-state index in [-0.39, 0.29) is 11.6 Å². The molecule has 0 amide bonds. The predicted molar refractivity (Wildman–Crippen MR) is 59.9 cm³/mol. The Morgan fingerprint density at radius 1 is 1.60 bits per heavy atom. The molecule has 3 nitrogen and oxygen atoms in total. The van der Waals surface area contributed by atoms with Crippen LogP contribution in [0.25, 0.3) is 0 Å². The molecule has 3 heteroatoms. The zero-order valence-corrected chi connectivity index (χ0v) is 8.53. The van der Waals surface area contributed by atoms with Crippen molar-refractivity contribution >= 4 is 11.7 Å². The monoisotopic (exact) mass is 203 g/mol. The molecule has 0 aromatic heterocycles. The summed E-state index contributed by atoms with van der Waals surface area (Å²) >= 11 is 0. The van der Waals surface area contributed by atoms with E-state index in [0.717, 1.165) is 6.42 Å². The Balaban J connectivity index is 2.94. The van der Waals surface area contributed by atoms with Gasteiger partial charge in [-0.3, -0.25) is 0 Å². The molecular formula is C12H13NO2. The van der Waals surface area contributed by atoms with Gasteiger partial charge in [-0.25, -0.2) is 4.79 Å². The number of carboxylic acid groups (broad SMARTS) is 1. The Bertz CT molecular complexity index is 393. The molecule has 15 heavy (non-hydrogen) atoms. The third-order valence-electron chi connectivity index (χ3n) is 2.10. The van der Waals surface area contributed by atoms with E-state index in [4.69, 9.17) is 11.5 Å². The van der Waals surface area contributed by atoms with Crippen molar-refractivity contribution in [3.63, 3.8) is 0 Å². The van der Waals surface area contributed by atoms with Crippen molar-refractivity contribution in [2.75, 3.05) is 5.32 Å². The van der Waals surface area contributed by atoms with Crippen LogP contribution in [0.15, 0.2) is 24.3 Å². The quantitative estimate of drug-likeness (QED) is 0.737. The number of rotatable bonds is 4. The van der Waals surface area contributed by atoms with E-state index in [1.807, 2.05) is 6.92 Å². The second kappa shape index (κ2) is 5.06. The molecule has 1 aromatic rings. The average molecular weight is 203 g/mol. The Hall–Kier alpha value is -1.95. The number of carbonyl (C=O) groups is 1. The van der Waals surface area contributed by atoms with Crippen LogP contribution in [-0.2, 0) is 0 Å². The van der Waals surface area contributed by atoms with Crippen LogP contribution in [0.4, 0.5) is 5.69 Å². The van der Waals surface area contributed by atoms with Crippen LogP contribution in [0.3, 0.4) is 0 Å². The van der Waals surface area contributed by atoms with Gasteiger partial charge in [0.15, 0.2) is 0 Å². The highest BCUT2D eigenvalue weighted by Gasteiger charge is 2.10. The summed E-state index contributed by atoms with van der Waals surface area (Å²) < 4.78 is 0. The molecule has 0 aliphatic carbocycles. The van der Waals surface area contributed by atoms with Crippen LogP contribution >= 0.6 is 0 Å². The molecule has 1 aromatic carbocycles. The third kappa shape index (κ3) is 2.75. The minimum Gasteiger partial charge on any atom is -0.478 e. The van der Waals surface area contributed by atoms with Gasteiger partial charge in [0, 0.05) is 5.69 Å². The lowest BCUT2D eigenvalue weighted by molar-refractivity contribution is 0.0698. The maximum Gasteiger partial charge on any atom is 0.337 e. The molecule has 78 valence electrons. The van der Waals surface area contributed by atoms with Gasteiger partial charge in [-0.15, -0.1) is 6.42 Å². The zero-order chi connectivity index (χ0) is 11.3. The van der Waals surface area contributed by atoms with Crippen molar-refractivity contribution in [3.05, 3.63) is 29.8 Å². The molecule has 0 spiro atoms. The Kier molecular flexibility index (Phi) is 3.75. The molecule has 0 aliphatic rings. The van der Waals surface area contributed by atoms with Crippen molar-refractivity contribution in [1.29, 1.82) is 0 Å². The number of aromatic carboxylic acids is 1. The average Bonchev–Trinajstić information content (AvgIpc) is 2.26. The Morgan fingerprint density at radius 3 is 2.80 bits per heavy atom. The summed E-state index contributed by atoms with van der Waals surface area (Å²) in [5.41, 5.74) is 0.806. The molecule has 0 fully saturated rings. The van der Waals surface area contributed by atoms with Gasteiger partial charge in [0.25, 0.3) is 0 Å². The van der Waals surface area contributed by atoms with Crippen molar-refractivity contribution in [3.8, 4) is 12.3 Å². The van der Waals surface area contributed by atoms with Crippen molar-refractivity contribution < 1.29 is 9.90 Å².